The van der Waals surface area contributed by atoms with Crippen molar-refractivity contribution in [1.29, 1.82) is 0 Å². The lowest BCUT2D eigenvalue weighted by atomic mass is 10.7. The van der Waals surface area contributed by atoms with E-state index in [1.807, 2.05) is 29.1 Å². The van der Waals surface area contributed by atoms with Gasteiger partial charge in [0.2, 0.25) is 10.0 Å². The fraction of sp³-hybridized carbons (Fsp3) is 0.500. The summed E-state index contributed by atoms with van der Waals surface area (Å²) in [5, 5.41) is 0. The van der Waals surface area contributed by atoms with Crippen LogP contribution in [0.2, 0.25) is 0 Å². The minimum absolute atomic E-state index is 0.147. The third kappa shape index (κ3) is 2.86. The van der Waals surface area contributed by atoms with E-state index < -0.39 is 10.0 Å². The van der Waals surface area contributed by atoms with E-state index in [0.717, 1.165) is 0 Å². The summed E-state index contributed by atoms with van der Waals surface area (Å²) in [6.45, 7) is 0.507. The molecule has 0 unspecified atom stereocenters. The highest BCUT2D eigenvalue weighted by atomic mass is 32.2. The minimum atomic E-state index is -3.06. The number of aromatic nitrogens is 1. The van der Waals surface area contributed by atoms with Crippen molar-refractivity contribution >= 4 is 10.0 Å². The van der Waals surface area contributed by atoms with Gasteiger partial charge in [0.1, 0.15) is 0 Å². The summed E-state index contributed by atoms with van der Waals surface area (Å²) in [6.07, 6.45) is 3.70. The zero-order chi connectivity index (χ0) is 9.90. The molecule has 0 aliphatic rings. The Balaban J connectivity index is 2.53. The molecule has 0 bridgehead atoms. The van der Waals surface area contributed by atoms with Gasteiger partial charge in [-0.1, -0.05) is 0 Å². The molecule has 13 heavy (non-hydrogen) atoms. The highest BCUT2D eigenvalue weighted by molar-refractivity contribution is 7.89. The number of nitrogens with zero attached hydrogens (tertiary/aromatic N) is 2. The second kappa shape index (κ2) is 3.93. The van der Waals surface area contributed by atoms with Crippen LogP contribution in [0.3, 0.4) is 0 Å². The van der Waals surface area contributed by atoms with Crippen LogP contribution in [0.4, 0.5) is 0 Å². The van der Waals surface area contributed by atoms with E-state index in [9.17, 15) is 8.42 Å². The van der Waals surface area contributed by atoms with E-state index in [-0.39, 0.29) is 5.75 Å². The number of hydrogen-bond donors (Lipinski definition) is 0. The normalized spacial score (nSPS) is 12.2. The van der Waals surface area contributed by atoms with Gasteiger partial charge in [-0.3, -0.25) is 0 Å². The van der Waals surface area contributed by atoms with Crippen LogP contribution in [-0.4, -0.2) is 37.1 Å². The zero-order valence-corrected chi connectivity index (χ0v) is 8.66. The van der Waals surface area contributed by atoms with Crippen molar-refractivity contribution in [3.8, 4) is 0 Å². The summed E-state index contributed by atoms with van der Waals surface area (Å²) >= 11 is 0. The molecule has 4 nitrogen and oxygen atoms in total. The van der Waals surface area contributed by atoms with E-state index in [1.54, 1.807) is 14.1 Å². The van der Waals surface area contributed by atoms with E-state index in [2.05, 4.69) is 0 Å². The number of rotatable bonds is 4. The standard InChI is InChI=1S/C8H14N2O2S/c1-9(2)13(11,12)8-7-10-5-3-4-6-10/h3-6H,7-8H2,1-2H3. The molecule has 1 rings (SSSR count). The molecule has 1 aromatic heterocycles. The van der Waals surface area contributed by atoms with Gasteiger partial charge in [-0.05, 0) is 12.1 Å². The van der Waals surface area contributed by atoms with Crippen LogP contribution in [0.5, 0.6) is 0 Å². The topological polar surface area (TPSA) is 42.3 Å². The quantitative estimate of drug-likeness (QED) is 0.708. The molecule has 0 saturated carbocycles. The van der Waals surface area contributed by atoms with Crippen molar-refractivity contribution in [2.45, 2.75) is 6.54 Å². The highest BCUT2D eigenvalue weighted by Gasteiger charge is 2.12. The lowest BCUT2D eigenvalue weighted by Crippen LogP contribution is -2.26. The van der Waals surface area contributed by atoms with Gasteiger partial charge in [0.15, 0.2) is 0 Å². The van der Waals surface area contributed by atoms with Crippen molar-refractivity contribution in [1.82, 2.24) is 8.87 Å². The third-order valence-corrected chi connectivity index (χ3v) is 3.64. The molecule has 0 fully saturated rings. The van der Waals surface area contributed by atoms with Crippen LogP contribution in [0.1, 0.15) is 0 Å². The van der Waals surface area contributed by atoms with E-state index >= 15 is 0 Å². The van der Waals surface area contributed by atoms with Crippen molar-refractivity contribution in [2.24, 2.45) is 0 Å². The third-order valence-electron chi connectivity index (χ3n) is 1.83. The van der Waals surface area contributed by atoms with Gasteiger partial charge >= 0.3 is 0 Å². The molecule has 0 radical (unpaired) electrons. The Kier molecular flexibility index (Phi) is 3.11. The second-order valence-electron chi connectivity index (χ2n) is 3.02. The van der Waals surface area contributed by atoms with Crippen LogP contribution in [0.25, 0.3) is 0 Å². The maximum Gasteiger partial charge on any atom is 0.215 e. The van der Waals surface area contributed by atoms with Gasteiger partial charge in [-0.25, -0.2) is 12.7 Å². The fourth-order valence-electron chi connectivity index (χ4n) is 0.923. The molecule has 0 aromatic carbocycles. The van der Waals surface area contributed by atoms with Gasteiger partial charge in [-0.2, -0.15) is 0 Å². The Morgan fingerprint density at radius 1 is 1.23 bits per heavy atom. The molecule has 0 spiro atoms. The molecule has 0 saturated heterocycles. The summed E-state index contributed by atoms with van der Waals surface area (Å²) in [5.74, 6) is 0.147. The molecule has 0 atom stereocenters. The Morgan fingerprint density at radius 3 is 2.23 bits per heavy atom. The molecular weight excluding hydrogens is 188 g/mol. The van der Waals surface area contributed by atoms with E-state index in [1.165, 1.54) is 4.31 Å². The minimum Gasteiger partial charge on any atom is -0.353 e. The Labute approximate surface area is 78.8 Å². The summed E-state index contributed by atoms with van der Waals surface area (Å²) < 4.78 is 25.8. The maximum absolute atomic E-state index is 11.3. The smallest absolute Gasteiger partial charge is 0.215 e. The summed E-state index contributed by atoms with van der Waals surface area (Å²) in [5.41, 5.74) is 0. The SMILES string of the molecule is CN(C)S(=O)(=O)CCn1cccc1. The first-order valence-corrected chi connectivity index (χ1v) is 5.64. The van der Waals surface area contributed by atoms with Gasteiger partial charge in [0.25, 0.3) is 0 Å². The first-order valence-electron chi connectivity index (χ1n) is 4.03. The summed E-state index contributed by atoms with van der Waals surface area (Å²) in [6, 6.07) is 3.75. The molecule has 5 heteroatoms. The Bertz CT molecular complexity index is 340. The average Bonchev–Trinajstić information content (AvgIpc) is 2.52. The second-order valence-corrected chi connectivity index (χ2v) is 5.32. The van der Waals surface area contributed by atoms with Crippen LogP contribution < -0.4 is 0 Å². The van der Waals surface area contributed by atoms with Gasteiger partial charge in [0, 0.05) is 33.0 Å². The largest absolute Gasteiger partial charge is 0.353 e. The Hall–Kier alpha value is -0.810. The van der Waals surface area contributed by atoms with Crippen LogP contribution in [0.15, 0.2) is 24.5 Å². The number of sulfonamides is 1. The van der Waals surface area contributed by atoms with Gasteiger partial charge in [0.05, 0.1) is 5.75 Å². The van der Waals surface area contributed by atoms with Crippen molar-refractivity contribution < 1.29 is 8.42 Å². The number of hydrogen-bond acceptors (Lipinski definition) is 2. The van der Waals surface area contributed by atoms with Crippen molar-refractivity contribution in [3.63, 3.8) is 0 Å². The predicted molar refractivity (Wildman–Crippen MR) is 51.9 cm³/mol. The molecule has 0 amide bonds. The molecule has 0 N–H and O–H groups in total. The van der Waals surface area contributed by atoms with Crippen molar-refractivity contribution in [3.05, 3.63) is 24.5 Å². The monoisotopic (exact) mass is 202 g/mol. The highest BCUT2D eigenvalue weighted by Crippen LogP contribution is 1.97. The first-order chi connectivity index (χ1) is 6.02. The predicted octanol–water partition coefficient (Wildman–Crippen LogP) is 0.379. The molecule has 0 aliphatic carbocycles. The molecule has 1 heterocycles. The van der Waals surface area contributed by atoms with Crippen LogP contribution in [0, 0.1) is 0 Å². The Morgan fingerprint density at radius 2 is 1.77 bits per heavy atom. The van der Waals surface area contributed by atoms with Crippen LogP contribution >= 0.6 is 0 Å². The first kappa shape index (κ1) is 10.3. The fourth-order valence-corrected chi connectivity index (χ4v) is 1.73. The van der Waals surface area contributed by atoms with Gasteiger partial charge < -0.3 is 4.57 Å². The zero-order valence-electron chi connectivity index (χ0n) is 7.84. The molecular formula is C8H14N2O2S. The number of aryl methyl sites for hydroxylation is 1. The lowest BCUT2D eigenvalue weighted by molar-refractivity contribution is 0.515. The maximum atomic E-state index is 11.3. The summed E-state index contributed by atoms with van der Waals surface area (Å²) in [4.78, 5) is 0. The molecule has 0 aliphatic heterocycles. The molecule has 74 valence electrons. The van der Waals surface area contributed by atoms with E-state index in [0.29, 0.717) is 6.54 Å². The summed E-state index contributed by atoms with van der Waals surface area (Å²) in [7, 11) is 0.0315. The molecule has 1 aromatic rings. The van der Waals surface area contributed by atoms with Gasteiger partial charge in [-0.15, -0.1) is 0 Å². The lowest BCUT2D eigenvalue weighted by Gasteiger charge is -2.11. The van der Waals surface area contributed by atoms with Crippen LogP contribution in [-0.2, 0) is 16.6 Å². The van der Waals surface area contributed by atoms with Crippen molar-refractivity contribution in [2.75, 3.05) is 19.8 Å². The average molecular weight is 202 g/mol. The van der Waals surface area contributed by atoms with E-state index in [4.69, 9.17) is 0 Å².